The number of carbonyl (C=O) groups excluding carboxylic acids is 3. The predicted molar refractivity (Wildman–Crippen MR) is 178 cm³/mol. The average molecular weight is 736 g/mol. The molecule has 260 valence electrons. The molecule has 2 aromatic carbocycles. The minimum atomic E-state index is -4.53. The maximum absolute atomic E-state index is 13.9. The number of carbonyl (C=O) groups is 3. The largest absolute Gasteiger partial charge is 0.436 e. The van der Waals surface area contributed by atoms with Crippen LogP contribution in [-0.4, -0.2) is 115 Å². The van der Waals surface area contributed by atoms with E-state index < -0.39 is 23.9 Å². The number of amides is 4. The van der Waals surface area contributed by atoms with Crippen molar-refractivity contribution in [1.82, 2.24) is 24.9 Å². The first kappa shape index (κ1) is 34.5. The first-order valence-corrected chi connectivity index (χ1v) is 17.6. The van der Waals surface area contributed by atoms with E-state index in [2.05, 4.69) is 31.5 Å². The van der Waals surface area contributed by atoms with Crippen LogP contribution in [0, 0.1) is 0 Å². The molecule has 3 saturated heterocycles. The highest BCUT2D eigenvalue weighted by molar-refractivity contribution is 9.10. The quantitative estimate of drug-likeness (QED) is 0.436. The summed E-state index contributed by atoms with van der Waals surface area (Å²) in [6.45, 7) is 6.13. The van der Waals surface area contributed by atoms with Gasteiger partial charge in [-0.15, -0.1) is 0 Å². The van der Waals surface area contributed by atoms with Crippen LogP contribution in [0.3, 0.4) is 0 Å². The number of hydrogen-bond donors (Lipinski definition) is 2. The number of anilines is 1. The van der Waals surface area contributed by atoms with Crippen LogP contribution in [0.2, 0.25) is 0 Å². The zero-order valence-electron chi connectivity index (χ0n) is 26.8. The second kappa shape index (κ2) is 15.0. The summed E-state index contributed by atoms with van der Waals surface area (Å²) in [4.78, 5) is 48.0. The predicted octanol–water partition coefficient (Wildman–Crippen LogP) is 4.97. The fourth-order valence-electron chi connectivity index (χ4n) is 7.31. The van der Waals surface area contributed by atoms with Gasteiger partial charge < -0.3 is 30.1 Å². The van der Waals surface area contributed by atoms with E-state index in [1.165, 1.54) is 12.1 Å². The summed E-state index contributed by atoms with van der Waals surface area (Å²) in [5.41, 5.74) is 1.53. The lowest BCUT2D eigenvalue weighted by molar-refractivity contribution is -0.142. The number of likely N-dealkylation sites (tertiary alicyclic amines) is 2. The lowest BCUT2D eigenvalue weighted by Crippen LogP contribution is -2.54. The van der Waals surface area contributed by atoms with Gasteiger partial charge in [0.15, 0.2) is 6.10 Å². The molecule has 2 aromatic rings. The van der Waals surface area contributed by atoms with Crippen LogP contribution in [-0.2, 0) is 28.5 Å². The average Bonchev–Trinajstić information content (AvgIpc) is 3.25. The zero-order valence-corrected chi connectivity index (χ0v) is 28.4. The van der Waals surface area contributed by atoms with Gasteiger partial charge in [0, 0.05) is 87.6 Å². The maximum atomic E-state index is 13.9. The number of nitrogens with one attached hydrogen (secondary N) is 2. The fourth-order valence-corrected chi connectivity index (χ4v) is 7.96. The number of para-hydroxylation sites is 1. The van der Waals surface area contributed by atoms with Gasteiger partial charge in [0.2, 0.25) is 0 Å². The standard InChI is InChI=1S/C34H42BrF3N6O4/c35-28-21-23(5-6-27(28)34(36,37)38)22-30(31(45)42-14-8-25(9-15-42)41-19-12-39-13-20-41)48-33(47)43-16-10-26(11-17-43)44-18-7-24-3-1-2-4-29(24)40-32(44)46/h1-6,21,25-26,30,39H,7-20,22H2,(H,40,46). The molecule has 4 aliphatic heterocycles. The number of halogens is 4. The number of piperazine rings is 1. The molecule has 6 rings (SSSR count). The van der Waals surface area contributed by atoms with Crippen molar-refractivity contribution in [2.24, 2.45) is 0 Å². The van der Waals surface area contributed by atoms with Crippen molar-refractivity contribution in [3.8, 4) is 0 Å². The van der Waals surface area contributed by atoms with Gasteiger partial charge in [0.25, 0.3) is 5.91 Å². The Labute approximate surface area is 287 Å². The Bertz CT molecular complexity index is 1470. The second-order valence-corrected chi connectivity index (χ2v) is 13.8. The first-order valence-electron chi connectivity index (χ1n) is 16.8. The van der Waals surface area contributed by atoms with Crippen molar-refractivity contribution in [2.75, 3.05) is 64.2 Å². The van der Waals surface area contributed by atoms with Gasteiger partial charge in [0.05, 0.1) is 5.56 Å². The third-order valence-electron chi connectivity index (χ3n) is 10.0. The summed E-state index contributed by atoms with van der Waals surface area (Å²) < 4.78 is 46.0. The van der Waals surface area contributed by atoms with E-state index in [0.717, 1.165) is 62.8 Å². The molecule has 0 aromatic heterocycles. The Balaban J connectivity index is 1.10. The molecule has 4 amide bonds. The molecule has 2 N–H and O–H groups in total. The van der Waals surface area contributed by atoms with E-state index in [4.69, 9.17) is 4.74 Å². The second-order valence-electron chi connectivity index (χ2n) is 13.0. The van der Waals surface area contributed by atoms with Crippen LogP contribution in [0.4, 0.5) is 28.4 Å². The molecule has 1 unspecified atom stereocenters. The van der Waals surface area contributed by atoms with E-state index in [9.17, 15) is 27.6 Å². The van der Waals surface area contributed by atoms with Crippen molar-refractivity contribution in [2.45, 2.75) is 62.9 Å². The third-order valence-corrected chi connectivity index (χ3v) is 10.7. The molecule has 0 saturated carbocycles. The van der Waals surface area contributed by atoms with Crippen LogP contribution in [0.5, 0.6) is 0 Å². The number of alkyl halides is 3. The summed E-state index contributed by atoms with van der Waals surface area (Å²) in [6, 6.07) is 11.6. The number of benzene rings is 2. The number of rotatable bonds is 6. The lowest BCUT2D eigenvalue weighted by Gasteiger charge is -2.41. The van der Waals surface area contributed by atoms with Gasteiger partial charge in [-0.25, -0.2) is 9.59 Å². The van der Waals surface area contributed by atoms with E-state index in [1.807, 2.05) is 29.2 Å². The van der Waals surface area contributed by atoms with E-state index >= 15 is 0 Å². The van der Waals surface area contributed by atoms with E-state index in [0.29, 0.717) is 57.2 Å². The molecule has 10 nitrogen and oxygen atoms in total. The maximum Gasteiger partial charge on any atom is 0.417 e. The van der Waals surface area contributed by atoms with Gasteiger partial charge >= 0.3 is 18.3 Å². The molecule has 0 bridgehead atoms. The molecule has 0 radical (unpaired) electrons. The number of nitrogens with zero attached hydrogens (tertiary/aromatic N) is 4. The number of fused-ring (bicyclic) bond motifs is 1. The van der Waals surface area contributed by atoms with Gasteiger partial charge in [-0.3, -0.25) is 9.69 Å². The van der Waals surface area contributed by atoms with Crippen LogP contribution in [0.1, 0.15) is 42.4 Å². The van der Waals surface area contributed by atoms with Crippen molar-refractivity contribution in [3.63, 3.8) is 0 Å². The molecule has 14 heteroatoms. The molecule has 0 spiro atoms. The molecule has 4 heterocycles. The Morgan fingerprint density at radius 3 is 2.25 bits per heavy atom. The van der Waals surface area contributed by atoms with Crippen LogP contribution in [0.15, 0.2) is 46.9 Å². The topological polar surface area (TPSA) is 97.5 Å². The molecule has 3 fully saturated rings. The molecule has 0 aliphatic carbocycles. The summed E-state index contributed by atoms with van der Waals surface area (Å²) in [5, 5.41) is 6.36. The molecule has 48 heavy (non-hydrogen) atoms. The summed E-state index contributed by atoms with van der Waals surface area (Å²) in [5.74, 6) is -0.339. The highest BCUT2D eigenvalue weighted by atomic mass is 79.9. The Kier molecular flexibility index (Phi) is 10.8. The molecular weight excluding hydrogens is 693 g/mol. The number of ether oxygens (including phenoxy) is 1. The van der Waals surface area contributed by atoms with Gasteiger partial charge in [-0.05, 0) is 61.4 Å². The van der Waals surface area contributed by atoms with Crippen molar-refractivity contribution < 1.29 is 32.3 Å². The summed E-state index contributed by atoms with van der Waals surface area (Å²) in [7, 11) is 0. The third kappa shape index (κ3) is 8.08. The van der Waals surface area contributed by atoms with Crippen molar-refractivity contribution in [3.05, 3.63) is 63.6 Å². The summed E-state index contributed by atoms with van der Waals surface area (Å²) >= 11 is 3.03. The molecular formula is C34H42BrF3N6O4. The monoisotopic (exact) mass is 734 g/mol. The first-order chi connectivity index (χ1) is 23.1. The lowest BCUT2D eigenvalue weighted by atomic mass is 10.00. The van der Waals surface area contributed by atoms with Crippen LogP contribution in [0.25, 0.3) is 0 Å². The van der Waals surface area contributed by atoms with E-state index in [1.54, 1.807) is 9.80 Å². The fraction of sp³-hybridized carbons (Fsp3) is 0.559. The van der Waals surface area contributed by atoms with Crippen molar-refractivity contribution in [1.29, 1.82) is 0 Å². The Hall–Kier alpha value is -3.36. The normalized spacial score (nSPS) is 20.9. The van der Waals surface area contributed by atoms with Crippen molar-refractivity contribution >= 4 is 39.6 Å². The molecule has 4 aliphatic rings. The smallest absolute Gasteiger partial charge is 0.417 e. The SMILES string of the molecule is O=C(OC(Cc1ccc(C(F)(F)F)c(Br)c1)C(=O)N1CCC(N2CCNCC2)CC1)N1CCC(N2CCc3ccccc3NC2=O)CC1. The zero-order chi connectivity index (χ0) is 33.8. The Morgan fingerprint density at radius 2 is 1.56 bits per heavy atom. The van der Waals surface area contributed by atoms with E-state index in [-0.39, 0.29) is 28.9 Å². The van der Waals surface area contributed by atoms with Crippen LogP contribution < -0.4 is 10.6 Å². The van der Waals surface area contributed by atoms with Gasteiger partial charge in [0.1, 0.15) is 0 Å². The summed E-state index contributed by atoms with van der Waals surface area (Å²) in [6.07, 6.45) is -2.95. The van der Waals surface area contributed by atoms with Gasteiger partial charge in [-0.2, -0.15) is 13.2 Å². The van der Waals surface area contributed by atoms with Crippen LogP contribution >= 0.6 is 15.9 Å². The minimum absolute atomic E-state index is 0.0516. The highest BCUT2D eigenvalue weighted by Gasteiger charge is 2.37. The molecule has 1 atom stereocenters. The number of hydrogen-bond acceptors (Lipinski definition) is 6. The number of piperidine rings is 2. The highest BCUT2D eigenvalue weighted by Crippen LogP contribution is 2.35. The number of urea groups is 1. The van der Waals surface area contributed by atoms with Gasteiger partial charge in [-0.1, -0.05) is 40.2 Å². The Morgan fingerprint density at radius 1 is 0.896 bits per heavy atom. The minimum Gasteiger partial charge on any atom is -0.436 e.